The van der Waals surface area contributed by atoms with Gasteiger partial charge in [-0.25, -0.2) is 0 Å². The first kappa shape index (κ1) is 13.4. The van der Waals surface area contributed by atoms with E-state index in [9.17, 15) is 4.79 Å². The van der Waals surface area contributed by atoms with Gasteiger partial charge in [0.1, 0.15) is 11.1 Å². The average Bonchev–Trinajstić information content (AvgIpc) is 3.04. The molecule has 0 atom stereocenters. The van der Waals surface area contributed by atoms with E-state index in [0.717, 1.165) is 5.56 Å². The maximum absolute atomic E-state index is 12.8. The van der Waals surface area contributed by atoms with Gasteiger partial charge in [0.2, 0.25) is 0 Å². The molecule has 0 unspecified atom stereocenters. The molecule has 0 N–H and O–H groups in total. The molecule has 0 aliphatic rings. The van der Waals surface area contributed by atoms with Crippen LogP contribution in [-0.4, -0.2) is 19.7 Å². The van der Waals surface area contributed by atoms with Crippen molar-refractivity contribution in [2.24, 2.45) is 7.05 Å². The Morgan fingerprint density at radius 2 is 2.04 bits per heavy atom. The zero-order chi connectivity index (χ0) is 15.8. The van der Waals surface area contributed by atoms with Crippen molar-refractivity contribution in [3.8, 4) is 22.6 Å². The maximum atomic E-state index is 12.8. The first-order valence-electron chi connectivity index (χ1n) is 7.07. The van der Waals surface area contributed by atoms with Crippen LogP contribution in [0.4, 0.5) is 0 Å². The third-order valence-corrected chi connectivity index (χ3v) is 3.73. The average molecular weight is 304 g/mol. The molecule has 0 amide bonds. The van der Waals surface area contributed by atoms with Crippen molar-refractivity contribution in [1.29, 1.82) is 0 Å². The van der Waals surface area contributed by atoms with Crippen molar-refractivity contribution < 1.29 is 4.52 Å². The van der Waals surface area contributed by atoms with E-state index in [1.165, 1.54) is 0 Å². The molecule has 0 fully saturated rings. The van der Waals surface area contributed by atoms with Crippen LogP contribution in [0.25, 0.3) is 33.6 Å². The number of nitrogens with zero attached hydrogens (tertiary/aromatic N) is 4. The summed E-state index contributed by atoms with van der Waals surface area (Å²) in [5, 5.41) is 4.50. The van der Waals surface area contributed by atoms with E-state index in [-0.39, 0.29) is 5.56 Å². The predicted molar refractivity (Wildman–Crippen MR) is 85.7 cm³/mol. The fourth-order valence-electron chi connectivity index (χ4n) is 2.57. The van der Waals surface area contributed by atoms with Crippen molar-refractivity contribution in [3.05, 3.63) is 65.3 Å². The van der Waals surface area contributed by atoms with Crippen LogP contribution < -0.4 is 5.56 Å². The molecule has 23 heavy (non-hydrogen) atoms. The summed E-state index contributed by atoms with van der Waals surface area (Å²) in [4.78, 5) is 21.1. The minimum atomic E-state index is -0.178. The molecule has 0 aliphatic heterocycles. The summed E-state index contributed by atoms with van der Waals surface area (Å²) in [7, 11) is 1.71. The van der Waals surface area contributed by atoms with Gasteiger partial charge in [-0.2, -0.15) is 0 Å². The van der Waals surface area contributed by atoms with E-state index in [0.29, 0.717) is 28.1 Å². The minimum Gasteiger partial charge on any atom is -0.355 e. The third kappa shape index (κ3) is 2.12. The molecule has 0 saturated carbocycles. The molecule has 112 valence electrons. The monoisotopic (exact) mass is 304 g/mol. The Balaban J connectivity index is 2.01. The van der Waals surface area contributed by atoms with E-state index >= 15 is 0 Å². The Morgan fingerprint density at radius 3 is 2.78 bits per heavy atom. The van der Waals surface area contributed by atoms with E-state index < -0.39 is 0 Å². The van der Waals surface area contributed by atoms with Crippen molar-refractivity contribution in [2.45, 2.75) is 0 Å². The summed E-state index contributed by atoms with van der Waals surface area (Å²) < 4.78 is 6.94. The van der Waals surface area contributed by atoms with Gasteiger partial charge in [0.05, 0.1) is 11.4 Å². The molecule has 6 heteroatoms. The van der Waals surface area contributed by atoms with Gasteiger partial charge >= 0.3 is 0 Å². The largest absolute Gasteiger partial charge is 0.355 e. The fraction of sp³-hybridized carbons (Fsp3) is 0.0588. The van der Waals surface area contributed by atoms with Crippen LogP contribution in [0.5, 0.6) is 0 Å². The van der Waals surface area contributed by atoms with Gasteiger partial charge in [-0.3, -0.25) is 14.8 Å². The lowest BCUT2D eigenvalue weighted by Crippen LogP contribution is -2.18. The van der Waals surface area contributed by atoms with Gasteiger partial charge in [0.15, 0.2) is 5.58 Å². The summed E-state index contributed by atoms with van der Waals surface area (Å²) in [6.07, 6.45) is 5.01. The summed E-state index contributed by atoms with van der Waals surface area (Å²) in [6.45, 7) is 0. The molecule has 0 aromatic carbocycles. The second-order valence-corrected chi connectivity index (χ2v) is 5.12. The van der Waals surface area contributed by atoms with Crippen molar-refractivity contribution in [2.75, 3.05) is 0 Å². The second-order valence-electron chi connectivity index (χ2n) is 5.12. The Bertz CT molecular complexity index is 1040. The first-order valence-corrected chi connectivity index (χ1v) is 7.07. The van der Waals surface area contributed by atoms with Crippen LogP contribution >= 0.6 is 0 Å². The molecule has 0 radical (unpaired) electrons. The van der Waals surface area contributed by atoms with Gasteiger partial charge in [0.25, 0.3) is 5.56 Å². The van der Waals surface area contributed by atoms with Crippen LogP contribution in [-0.2, 0) is 7.05 Å². The topological polar surface area (TPSA) is 73.8 Å². The number of hydrogen-bond donors (Lipinski definition) is 0. The predicted octanol–water partition coefficient (Wildman–Crippen LogP) is 2.65. The van der Waals surface area contributed by atoms with E-state index in [4.69, 9.17) is 4.52 Å². The Labute approximate surface area is 131 Å². The van der Waals surface area contributed by atoms with Crippen LogP contribution in [0.15, 0.2) is 64.3 Å². The van der Waals surface area contributed by atoms with Crippen molar-refractivity contribution in [3.63, 3.8) is 0 Å². The van der Waals surface area contributed by atoms with E-state index in [1.54, 1.807) is 42.3 Å². The van der Waals surface area contributed by atoms with Gasteiger partial charge in [-0.05, 0) is 24.3 Å². The van der Waals surface area contributed by atoms with Crippen LogP contribution in [0.3, 0.4) is 0 Å². The summed E-state index contributed by atoms with van der Waals surface area (Å²) in [5.74, 6) is 0. The zero-order valence-electron chi connectivity index (χ0n) is 12.3. The van der Waals surface area contributed by atoms with Gasteiger partial charge in [-0.15, -0.1) is 0 Å². The van der Waals surface area contributed by atoms with Gasteiger partial charge in [-0.1, -0.05) is 11.2 Å². The van der Waals surface area contributed by atoms with E-state index in [1.807, 2.05) is 24.3 Å². The number of rotatable bonds is 2. The lowest BCUT2D eigenvalue weighted by molar-refractivity contribution is 0.459. The molecule has 4 rings (SSSR count). The SMILES string of the molecule is Cn1c(-c2ccccn2)cc2onc(-c3cccnc3)c2c1=O. The van der Waals surface area contributed by atoms with Crippen LogP contribution in [0.1, 0.15) is 0 Å². The van der Waals surface area contributed by atoms with Crippen LogP contribution in [0.2, 0.25) is 0 Å². The molecular weight excluding hydrogens is 292 g/mol. The number of hydrogen-bond acceptors (Lipinski definition) is 5. The lowest BCUT2D eigenvalue weighted by atomic mass is 10.1. The second kappa shape index (κ2) is 5.17. The molecule has 4 aromatic rings. The molecular formula is C17H12N4O2. The quantitative estimate of drug-likeness (QED) is 0.569. The Hall–Kier alpha value is -3.28. The Kier molecular flexibility index (Phi) is 3.01. The first-order chi connectivity index (χ1) is 11.3. The highest BCUT2D eigenvalue weighted by molar-refractivity contribution is 5.92. The number of aromatic nitrogens is 4. The summed E-state index contributed by atoms with van der Waals surface area (Å²) >= 11 is 0. The zero-order valence-corrected chi connectivity index (χ0v) is 12.3. The van der Waals surface area contributed by atoms with Crippen LogP contribution in [0, 0.1) is 0 Å². The normalized spacial score (nSPS) is 11.0. The molecule has 6 nitrogen and oxygen atoms in total. The van der Waals surface area contributed by atoms with Gasteiger partial charge in [0, 0.05) is 37.3 Å². The maximum Gasteiger partial charge on any atom is 0.264 e. The van der Waals surface area contributed by atoms with E-state index in [2.05, 4.69) is 15.1 Å². The highest BCUT2D eigenvalue weighted by atomic mass is 16.5. The molecule has 4 heterocycles. The van der Waals surface area contributed by atoms with Crippen molar-refractivity contribution >= 4 is 11.0 Å². The highest BCUT2D eigenvalue weighted by Gasteiger charge is 2.18. The summed E-state index contributed by atoms with van der Waals surface area (Å²) in [6, 6.07) is 11.0. The molecule has 0 saturated heterocycles. The minimum absolute atomic E-state index is 0.178. The standard InChI is InChI=1S/C17H12N4O2/c1-21-13(12-6-2-3-8-19-12)9-14-15(17(21)22)16(20-23-14)11-5-4-7-18-10-11/h2-10H,1H3. The number of pyridine rings is 3. The number of fused-ring (bicyclic) bond motifs is 1. The smallest absolute Gasteiger partial charge is 0.264 e. The van der Waals surface area contributed by atoms with Crippen molar-refractivity contribution in [1.82, 2.24) is 19.7 Å². The fourth-order valence-corrected chi connectivity index (χ4v) is 2.57. The highest BCUT2D eigenvalue weighted by Crippen LogP contribution is 2.27. The third-order valence-electron chi connectivity index (χ3n) is 3.73. The molecule has 0 spiro atoms. The summed E-state index contributed by atoms with van der Waals surface area (Å²) in [5.41, 5.74) is 2.89. The molecule has 0 aliphatic carbocycles. The Morgan fingerprint density at radius 1 is 1.13 bits per heavy atom. The lowest BCUT2D eigenvalue weighted by Gasteiger charge is -2.07. The molecule has 4 aromatic heterocycles. The van der Waals surface area contributed by atoms with Gasteiger partial charge < -0.3 is 9.09 Å². The molecule has 0 bridgehead atoms.